The summed E-state index contributed by atoms with van der Waals surface area (Å²) in [7, 11) is 0. The van der Waals surface area contributed by atoms with Gasteiger partial charge in [0.15, 0.2) is 0 Å². The fourth-order valence-corrected chi connectivity index (χ4v) is 1.29. The molecule has 0 amide bonds. The van der Waals surface area contributed by atoms with E-state index in [1.807, 2.05) is 0 Å². The third-order valence-corrected chi connectivity index (χ3v) is 2.37. The molecule has 14 heavy (non-hydrogen) atoms. The molecule has 68 valence electrons. The van der Waals surface area contributed by atoms with Crippen LogP contribution in [0.1, 0.15) is 0 Å². The van der Waals surface area contributed by atoms with Gasteiger partial charge in [0.25, 0.3) is 0 Å². The molecule has 0 heterocycles. The van der Waals surface area contributed by atoms with Crippen LogP contribution in [0, 0.1) is 22.7 Å². The molecule has 0 N–H and O–H groups in total. The zero-order valence-corrected chi connectivity index (χ0v) is 7.98. The Bertz CT molecular complexity index is 442. The van der Waals surface area contributed by atoms with Crippen LogP contribution in [0.3, 0.4) is 0 Å². The highest BCUT2D eigenvalue weighted by Gasteiger charge is 2.33. The van der Waals surface area contributed by atoms with E-state index in [-0.39, 0.29) is 10.1 Å². The summed E-state index contributed by atoms with van der Waals surface area (Å²) in [5.41, 5.74) is -1.05. The average molecular weight is 227 g/mol. The number of Topliss-reactive ketones (excluding diaryl/α,β-unsaturated/α-hetero) is 2. The summed E-state index contributed by atoms with van der Waals surface area (Å²) in [6.45, 7) is 0. The lowest BCUT2D eigenvalue weighted by atomic mass is 9.97. The first-order valence-corrected chi connectivity index (χ1v) is 3.99. The number of carbonyl (C=O) groups is 2. The van der Waals surface area contributed by atoms with E-state index in [1.165, 1.54) is 12.1 Å². The first kappa shape index (κ1) is 10.5. The molecule has 0 aromatic heterocycles. The van der Waals surface area contributed by atoms with Gasteiger partial charge in [0.2, 0.25) is 11.6 Å². The van der Waals surface area contributed by atoms with Gasteiger partial charge in [0.05, 0.1) is 10.1 Å². The predicted octanol–water partition coefficient (Wildman–Crippen LogP) is 1.17. The predicted molar refractivity (Wildman–Crippen MR) is 47.0 cm³/mol. The topological polar surface area (TPSA) is 81.7 Å². The highest BCUT2D eigenvalue weighted by molar-refractivity contribution is 6.59. The molecule has 0 atom stereocenters. The smallest absolute Gasteiger partial charge is 0.246 e. The number of hydrogen-bond acceptors (Lipinski definition) is 4. The van der Waals surface area contributed by atoms with Gasteiger partial charge in [0.1, 0.15) is 23.3 Å². The molecule has 0 spiro atoms. The van der Waals surface area contributed by atoms with Gasteiger partial charge < -0.3 is 0 Å². The van der Waals surface area contributed by atoms with E-state index < -0.39 is 22.7 Å². The van der Waals surface area contributed by atoms with Gasteiger partial charge in [0, 0.05) is 0 Å². The van der Waals surface area contributed by atoms with E-state index >= 15 is 0 Å². The van der Waals surface area contributed by atoms with Crippen LogP contribution in [0.15, 0.2) is 21.2 Å². The van der Waals surface area contributed by atoms with Gasteiger partial charge in [-0.3, -0.25) is 9.59 Å². The van der Waals surface area contributed by atoms with Gasteiger partial charge >= 0.3 is 0 Å². The van der Waals surface area contributed by atoms with Crippen molar-refractivity contribution in [1.82, 2.24) is 0 Å². The maximum atomic E-state index is 11.1. The van der Waals surface area contributed by atoms with E-state index in [0.717, 1.165) is 0 Å². The maximum absolute atomic E-state index is 11.1. The number of ketones is 2. The summed E-state index contributed by atoms with van der Waals surface area (Å²) < 4.78 is 0. The highest BCUT2D eigenvalue weighted by Crippen LogP contribution is 2.31. The molecular weight excluding hydrogens is 227 g/mol. The Balaban J connectivity index is 3.55. The van der Waals surface area contributed by atoms with Gasteiger partial charge in [-0.2, -0.15) is 10.5 Å². The molecule has 0 aliphatic heterocycles. The van der Waals surface area contributed by atoms with Crippen molar-refractivity contribution >= 4 is 34.8 Å². The van der Waals surface area contributed by atoms with Crippen LogP contribution >= 0.6 is 23.2 Å². The lowest BCUT2D eigenvalue weighted by molar-refractivity contribution is -0.131. The summed E-state index contributed by atoms with van der Waals surface area (Å²) >= 11 is 11.0. The molecule has 0 saturated heterocycles. The number of nitrogens with zero attached hydrogens (tertiary/aromatic N) is 2. The summed E-state index contributed by atoms with van der Waals surface area (Å²) in [5.74, 6) is -2.20. The first-order chi connectivity index (χ1) is 6.54. The largest absolute Gasteiger partial charge is 0.284 e. The first-order valence-electron chi connectivity index (χ1n) is 3.23. The Morgan fingerprint density at radius 3 is 1.36 bits per heavy atom. The van der Waals surface area contributed by atoms with E-state index in [0.29, 0.717) is 0 Å². The Morgan fingerprint density at radius 2 is 1.14 bits per heavy atom. The lowest BCUT2D eigenvalue weighted by Crippen LogP contribution is -2.22. The summed E-state index contributed by atoms with van der Waals surface area (Å²) in [6.07, 6.45) is 0. The van der Waals surface area contributed by atoms with Crippen LogP contribution in [0.2, 0.25) is 0 Å². The molecule has 0 unspecified atom stereocenters. The van der Waals surface area contributed by atoms with Crippen LogP contribution in [0.5, 0.6) is 0 Å². The van der Waals surface area contributed by atoms with Crippen molar-refractivity contribution in [2.75, 3.05) is 0 Å². The molecule has 6 heteroatoms. The molecule has 0 saturated carbocycles. The SMILES string of the molecule is N#CC1=C(Cl)C(Cl)=C(C#N)C(=O)C1=O. The number of nitriles is 2. The molecule has 1 aliphatic rings. The molecular formula is C8Cl2N2O2. The Kier molecular flexibility index (Phi) is 2.71. The van der Waals surface area contributed by atoms with Crippen LogP contribution in [0.4, 0.5) is 0 Å². The van der Waals surface area contributed by atoms with Crippen molar-refractivity contribution in [3.63, 3.8) is 0 Å². The van der Waals surface area contributed by atoms with Crippen LogP contribution in [0.25, 0.3) is 0 Å². The zero-order valence-electron chi connectivity index (χ0n) is 6.47. The molecule has 4 nitrogen and oxygen atoms in total. The minimum atomic E-state index is -1.10. The van der Waals surface area contributed by atoms with E-state index in [9.17, 15) is 9.59 Å². The Morgan fingerprint density at radius 1 is 0.857 bits per heavy atom. The third-order valence-electron chi connectivity index (χ3n) is 1.52. The fraction of sp³-hybridized carbons (Fsp3) is 0. The lowest BCUT2D eigenvalue weighted by Gasteiger charge is -2.08. The second kappa shape index (κ2) is 3.63. The molecule has 1 aliphatic carbocycles. The zero-order chi connectivity index (χ0) is 10.9. The summed E-state index contributed by atoms with van der Waals surface area (Å²) in [5, 5.41) is 16.3. The minimum Gasteiger partial charge on any atom is -0.284 e. The number of rotatable bonds is 0. The summed E-state index contributed by atoms with van der Waals surface area (Å²) in [6, 6.07) is 2.92. The van der Waals surface area contributed by atoms with E-state index in [1.54, 1.807) is 0 Å². The fourth-order valence-electron chi connectivity index (χ4n) is 0.846. The second-order valence-electron chi connectivity index (χ2n) is 2.26. The van der Waals surface area contributed by atoms with Crippen molar-refractivity contribution < 1.29 is 9.59 Å². The van der Waals surface area contributed by atoms with E-state index in [4.69, 9.17) is 33.7 Å². The second-order valence-corrected chi connectivity index (χ2v) is 3.02. The van der Waals surface area contributed by atoms with Gasteiger partial charge in [-0.05, 0) is 0 Å². The molecule has 0 fully saturated rings. The van der Waals surface area contributed by atoms with Crippen LogP contribution in [-0.4, -0.2) is 11.6 Å². The highest BCUT2D eigenvalue weighted by atomic mass is 35.5. The number of carbonyl (C=O) groups excluding carboxylic acids is 2. The quantitative estimate of drug-likeness (QED) is 0.459. The Labute approximate surface area is 88.6 Å². The number of halogens is 2. The van der Waals surface area contributed by atoms with Crippen molar-refractivity contribution in [1.29, 1.82) is 10.5 Å². The molecule has 1 rings (SSSR count). The third kappa shape index (κ3) is 1.31. The number of allylic oxidation sites excluding steroid dienone is 4. The summed E-state index contributed by atoms with van der Waals surface area (Å²) in [4.78, 5) is 22.2. The molecule has 0 radical (unpaired) electrons. The van der Waals surface area contributed by atoms with Crippen molar-refractivity contribution in [2.45, 2.75) is 0 Å². The average Bonchev–Trinajstić information content (AvgIpc) is 2.17. The standard InChI is InChI=1S/C8Cl2N2O2/c9-5-3(1-11)7(13)8(14)4(2-12)6(5)10. The molecule has 0 bridgehead atoms. The van der Waals surface area contributed by atoms with Crippen LogP contribution < -0.4 is 0 Å². The maximum Gasteiger partial charge on any atom is 0.246 e. The number of hydrogen-bond donors (Lipinski definition) is 0. The van der Waals surface area contributed by atoms with Crippen molar-refractivity contribution in [2.24, 2.45) is 0 Å². The van der Waals surface area contributed by atoms with Crippen molar-refractivity contribution in [3.8, 4) is 12.1 Å². The van der Waals surface area contributed by atoms with Gasteiger partial charge in [-0.1, -0.05) is 23.2 Å². The van der Waals surface area contributed by atoms with Gasteiger partial charge in [-0.15, -0.1) is 0 Å². The minimum absolute atomic E-state index is 0.352. The van der Waals surface area contributed by atoms with Crippen LogP contribution in [-0.2, 0) is 9.59 Å². The normalized spacial score (nSPS) is 16.9. The van der Waals surface area contributed by atoms with Gasteiger partial charge in [-0.25, -0.2) is 0 Å². The Hall–Kier alpha value is -1.62. The van der Waals surface area contributed by atoms with E-state index in [2.05, 4.69) is 0 Å². The molecule has 0 aromatic rings. The van der Waals surface area contributed by atoms with Crippen molar-refractivity contribution in [3.05, 3.63) is 21.2 Å². The molecule has 0 aromatic carbocycles. The monoisotopic (exact) mass is 226 g/mol.